The quantitative estimate of drug-likeness (QED) is 0.842. The summed E-state index contributed by atoms with van der Waals surface area (Å²) in [6.45, 7) is 7.45. The molecule has 1 fully saturated rings. The van der Waals surface area contributed by atoms with Crippen molar-refractivity contribution in [1.82, 2.24) is 4.90 Å². The van der Waals surface area contributed by atoms with Gasteiger partial charge in [0.25, 0.3) is 5.91 Å². The van der Waals surface area contributed by atoms with Crippen molar-refractivity contribution in [3.05, 3.63) is 65.5 Å². The summed E-state index contributed by atoms with van der Waals surface area (Å²) in [5.41, 5.74) is 2.43. The fourth-order valence-electron chi connectivity index (χ4n) is 3.45. The van der Waals surface area contributed by atoms with Gasteiger partial charge in [0.1, 0.15) is 5.82 Å². The largest absolute Gasteiger partial charge is 0.339 e. The van der Waals surface area contributed by atoms with Crippen LogP contribution in [0.25, 0.3) is 0 Å². The molecule has 0 saturated carbocycles. The van der Waals surface area contributed by atoms with E-state index in [9.17, 15) is 14.0 Å². The highest BCUT2D eigenvalue weighted by Crippen LogP contribution is 2.25. The van der Waals surface area contributed by atoms with Crippen LogP contribution in [0.3, 0.4) is 0 Å². The number of rotatable bonds is 3. The fourth-order valence-corrected chi connectivity index (χ4v) is 3.45. The molecule has 0 spiro atoms. The molecule has 1 aliphatic rings. The van der Waals surface area contributed by atoms with Crippen LogP contribution in [0.2, 0.25) is 0 Å². The maximum atomic E-state index is 13.3. The standard InChI is InChI=1S/C23H27FN2O2/c1-23(2,3)18-7-9-20(10-8-18)25-21(27)16-11-13-26(14-12-16)22(28)17-5-4-6-19(24)15-17/h4-10,15-16H,11-14H2,1-3H3,(H,25,27). The minimum absolute atomic E-state index is 0.0126. The predicted molar refractivity (Wildman–Crippen MR) is 109 cm³/mol. The van der Waals surface area contributed by atoms with Gasteiger partial charge in [-0.2, -0.15) is 0 Å². The number of hydrogen-bond acceptors (Lipinski definition) is 2. The molecule has 1 saturated heterocycles. The molecule has 0 bridgehead atoms. The van der Waals surface area contributed by atoms with Crippen LogP contribution in [0.4, 0.5) is 10.1 Å². The van der Waals surface area contributed by atoms with E-state index in [1.165, 1.54) is 23.8 Å². The molecule has 0 radical (unpaired) electrons. The van der Waals surface area contributed by atoms with Crippen LogP contribution < -0.4 is 5.32 Å². The van der Waals surface area contributed by atoms with Crippen LogP contribution >= 0.6 is 0 Å². The van der Waals surface area contributed by atoms with Crippen LogP contribution in [0.15, 0.2) is 48.5 Å². The Morgan fingerprint density at radius 3 is 2.25 bits per heavy atom. The Labute approximate surface area is 165 Å². The second-order valence-corrected chi connectivity index (χ2v) is 8.39. The highest BCUT2D eigenvalue weighted by atomic mass is 19.1. The minimum Gasteiger partial charge on any atom is -0.339 e. The van der Waals surface area contributed by atoms with Gasteiger partial charge in [-0.15, -0.1) is 0 Å². The molecule has 3 rings (SSSR count). The number of nitrogens with one attached hydrogen (secondary N) is 1. The highest BCUT2D eigenvalue weighted by molar-refractivity contribution is 5.95. The van der Waals surface area contributed by atoms with Crippen molar-refractivity contribution in [2.24, 2.45) is 5.92 Å². The molecule has 1 N–H and O–H groups in total. The van der Waals surface area contributed by atoms with Gasteiger partial charge in [0.05, 0.1) is 0 Å². The highest BCUT2D eigenvalue weighted by Gasteiger charge is 2.28. The van der Waals surface area contributed by atoms with Crippen molar-refractivity contribution in [2.75, 3.05) is 18.4 Å². The zero-order chi connectivity index (χ0) is 20.3. The van der Waals surface area contributed by atoms with Gasteiger partial charge in [0.15, 0.2) is 0 Å². The van der Waals surface area contributed by atoms with E-state index in [-0.39, 0.29) is 23.1 Å². The summed E-state index contributed by atoms with van der Waals surface area (Å²) in [7, 11) is 0. The maximum Gasteiger partial charge on any atom is 0.253 e. The van der Waals surface area contributed by atoms with Crippen molar-refractivity contribution < 1.29 is 14.0 Å². The number of halogens is 1. The number of hydrogen-bond donors (Lipinski definition) is 1. The van der Waals surface area contributed by atoms with Crippen LogP contribution in [0.1, 0.15) is 49.5 Å². The second kappa shape index (κ2) is 8.13. The molecule has 1 heterocycles. The Morgan fingerprint density at radius 2 is 1.68 bits per heavy atom. The third-order valence-corrected chi connectivity index (χ3v) is 5.24. The number of piperidine rings is 1. The third-order valence-electron chi connectivity index (χ3n) is 5.24. The van der Waals surface area contributed by atoms with E-state index in [1.807, 2.05) is 24.3 Å². The summed E-state index contributed by atoms with van der Waals surface area (Å²) >= 11 is 0. The topological polar surface area (TPSA) is 49.4 Å². The summed E-state index contributed by atoms with van der Waals surface area (Å²) in [6, 6.07) is 13.7. The van der Waals surface area contributed by atoms with Crippen molar-refractivity contribution in [1.29, 1.82) is 0 Å². The number of anilines is 1. The Morgan fingerprint density at radius 1 is 1.04 bits per heavy atom. The number of carbonyl (C=O) groups is 2. The van der Waals surface area contributed by atoms with Crippen molar-refractivity contribution in [2.45, 2.75) is 39.0 Å². The lowest BCUT2D eigenvalue weighted by Crippen LogP contribution is -2.41. The van der Waals surface area contributed by atoms with Crippen molar-refractivity contribution >= 4 is 17.5 Å². The first-order valence-electron chi connectivity index (χ1n) is 9.70. The molecule has 2 amide bonds. The van der Waals surface area contributed by atoms with E-state index in [0.29, 0.717) is 31.5 Å². The van der Waals surface area contributed by atoms with Gasteiger partial charge in [-0.3, -0.25) is 9.59 Å². The van der Waals surface area contributed by atoms with E-state index in [0.717, 1.165) is 5.69 Å². The molecule has 148 valence electrons. The lowest BCUT2D eigenvalue weighted by atomic mass is 9.87. The molecular formula is C23H27FN2O2. The number of nitrogens with zero attached hydrogens (tertiary/aromatic N) is 1. The van der Waals surface area contributed by atoms with Crippen LogP contribution in [0.5, 0.6) is 0 Å². The molecule has 0 aromatic heterocycles. The average Bonchev–Trinajstić information content (AvgIpc) is 2.67. The number of amides is 2. The van der Waals surface area contributed by atoms with Gasteiger partial charge < -0.3 is 10.2 Å². The molecule has 0 unspecified atom stereocenters. The normalized spacial score (nSPS) is 15.4. The molecular weight excluding hydrogens is 355 g/mol. The van der Waals surface area contributed by atoms with Gasteiger partial charge in [0, 0.05) is 30.3 Å². The SMILES string of the molecule is CC(C)(C)c1ccc(NC(=O)C2CCN(C(=O)c3cccc(F)c3)CC2)cc1. The second-order valence-electron chi connectivity index (χ2n) is 8.39. The number of carbonyl (C=O) groups excluding carboxylic acids is 2. The Kier molecular flexibility index (Phi) is 5.82. The average molecular weight is 382 g/mol. The fraction of sp³-hybridized carbons (Fsp3) is 0.391. The first-order valence-corrected chi connectivity index (χ1v) is 9.70. The molecule has 4 nitrogen and oxygen atoms in total. The molecule has 2 aromatic rings. The monoisotopic (exact) mass is 382 g/mol. The Bertz CT molecular complexity index is 848. The van der Waals surface area contributed by atoms with Crippen LogP contribution in [0, 0.1) is 11.7 Å². The number of likely N-dealkylation sites (tertiary alicyclic amines) is 1. The first kappa shape index (κ1) is 20.1. The predicted octanol–water partition coefficient (Wildman–Crippen LogP) is 4.61. The smallest absolute Gasteiger partial charge is 0.253 e. The van der Waals surface area contributed by atoms with Gasteiger partial charge in [0.2, 0.25) is 5.91 Å². The molecule has 0 atom stereocenters. The van der Waals surface area contributed by atoms with Gasteiger partial charge in [-0.1, -0.05) is 39.0 Å². The Hall–Kier alpha value is -2.69. The molecule has 1 aliphatic heterocycles. The van der Waals surface area contributed by atoms with E-state index in [1.54, 1.807) is 11.0 Å². The maximum absolute atomic E-state index is 13.3. The lowest BCUT2D eigenvalue weighted by Gasteiger charge is -2.31. The summed E-state index contributed by atoms with van der Waals surface area (Å²) < 4.78 is 13.3. The molecule has 5 heteroatoms. The molecule has 0 aliphatic carbocycles. The summed E-state index contributed by atoms with van der Waals surface area (Å²) in [5, 5.41) is 2.98. The zero-order valence-electron chi connectivity index (χ0n) is 16.7. The van der Waals surface area contributed by atoms with E-state index >= 15 is 0 Å². The van der Waals surface area contributed by atoms with Gasteiger partial charge in [-0.05, 0) is 54.2 Å². The van der Waals surface area contributed by atoms with Crippen LogP contribution in [-0.2, 0) is 10.2 Å². The minimum atomic E-state index is -0.419. The van der Waals surface area contributed by atoms with Crippen LogP contribution in [-0.4, -0.2) is 29.8 Å². The first-order chi connectivity index (χ1) is 13.2. The van der Waals surface area contributed by atoms with E-state index in [2.05, 4.69) is 26.1 Å². The summed E-state index contributed by atoms with van der Waals surface area (Å²) in [5.74, 6) is -0.742. The van der Waals surface area contributed by atoms with Gasteiger partial charge in [-0.25, -0.2) is 4.39 Å². The lowest BCUT2D eigenvalue weighted by molar-refractivity contribution is -0.121. The zero-order valence-corrected chi connectivity index (χ0v) is 16.7. The van der Waals surface area contributed by atoms with Crippen molar-refractivity contribution in [3.63, 3.8) is 0 Å². The Balaban J connectivity index is 1.54. The molecule has 2 aromatic carbocycles. The van der Waals surface area contributed by atoms with Crippen molar-refractivity contribution in [3.8, 4) is 0 Å². The summed E-state index contributed by atoms with van der Waals surface area (Å²) in [4.78, 5) is 26.8. The number of benzene rings is 2. The third kappa shape index (κ3) is 4.77. The van der Waals surface area contributed by atoms with E-state index < -0.39 is 5.82 Å². The van der Waals surface area contributed by atoms with E-state index in [4.69, 9.17) is 0 Å². The summed E-state index contributed by atoms with van der Waals surface area (Å²) in [6.07, 6.45) is 1.21. The van der Waals surface area contributed by atoms with Gasteiger partial charge >= 0.3 is 0 Å². The molecule has 28 heavy (non-hydrogen) atoms.